The van der Waals surface area contributed by atoms with E-state index >= 15 is 0 Å². The number of hydrogen-bond acceptors (Lipinski definition) is 3. The number of carbonyl (C=O) groups is 1. The molecule has 1 aliphatic carbocycles. The van der Waals surface area contributed by atoms with Gasteiger partial charge in [-0.2, -0.15) is 5.10 Å². The highest BCUT2D eigenvalue weighted by Gasteiger charge is 2.35. The number of fused-ring (bicyclic) bond motifs is 1. The maximum absolute atomic E-state index is 13.1. The molecule has 2 aliphatic rings. The smallest absolute Gasteiger partial charge is 0.275 e. The predicted octanol–water partition coefficient (Wildman–Crippen LogP) is 2.50. The zero-order valence-corrected chi connectivity index (χ0v) is 13.3. The summed E-state index contributed by atoms with van der Waals surface area (Å²) in [5.41, 5.74) is 3.96. The van der Waals surface area contributed by atoms with Crippen molar-refractivity contribution in [2.75, 3.05) is 13.2 Å². The van der Waals surface area contributed by atoms with Crippen molar-refractivity contribution in [3.8, 4) is 0 Å². The van der Waals surface area contributed by atoms with Crippen molar-refractivity contribution in [3.05, 3.63) is 52.8 Å². The highest BCUT2D eigenvalue weighted by molar-refractivity contribution is 5.94. The average molecular weight is 311 g/mol. The summed E-state index contributed by atoms with van der Waals surface area (Å²) < 4.78 is 5.81. The number of nitrogens with zero attached hydrogens (tertiary/aromatic N) is 2. The van der Waals surface area contributed by atoms with E-state index in [0.29, 0.717) is 18.8 Å². The summed E-state index contributed by atoms with van der Waals surface area (Å²) in [6, 6.07) is 10.1. The van der Waals surface area contributed by atoms with E-state index in [2.05, 4.69) is 22.3 Å². The van der Waals surface area contributed by atoms with Crippen LogP contribution in [0.3, 0.4) is 0 Å². The van der Waals surface area contributed by atoms with Crippen LogP contribution in [0.25, 0.3) is 0 Å². The van der Waals surface area contributed by atoms with Gasteiger partial charge in [-0.3, -0.25) is 9.89 Å². The second-order valence-electron chi connectivity index (χ2n) is 6.41. The van der Waals surface area contributed by atoms with E-state index in [0.717, 1.165) is 36.1 Å². The van der Waals surface area contributed by atoms with Crippen molar-refractivity contribution in [1.82, 2.24) is 15.1 Å². The lowest BCUT2D eigenvalue weighted by Crippen LogP contribution is -2.47. The van der Waals surface area contributed by atoms with Crippen LogP contribution < -0.4 is 0 Å². The number of hydrogen-bond donors (Lipinski definition) is 1. The maximum atomic E-state index is 13.1. The van der Waals surface area contributed by atoms with Crippen LogP contribution in [0.2, 0.25) is 0 Å². The highest BCUT2D eigenvalue weighted by atomic mass is 16.5. The van der Waals surface area contributed by atoms with E-state index in [1.54, 1.807) is 0 Å². The van der Waals surface area contributed by atoms with Gasteiger partial charge in [0.05, 0.1) is 18.8 Å². The standard InChI is InChI=1S/C18H21N3O2/c1-12-10-21(16(11-23-12)13-6-3-2-4-7-13)18(22)17-14-8-5-9-15(14)19-20-17/h2-4,6-7,12,16H,5,8-11H2,1H3,(H,19,20)/t12-,16+/m0/s1. The Morgan fingerprint density at radius 1 is 1.30 bits per heavy atom. The van der Waals surface area contributed by atoms with Crippen molar-refractivity contribution in [1.29, 1.82) is 0 Å². The third kappa shape index (κ3) is 2.55. The van der Waals surface area contributed by atoms with Gasteiger partial charge in [0, 0.05) is 17.8 Å². The van der Waals surface area contributed by atoms with Gasteiger partial charge in [0.1, 0.15) is 0 Å². The summed E-state index contributed by atoms with van der Waals surface area (Å²) in [5, 5.41) is 7.35. The van der Waals surface area contributed by atoms with Crippen LogP contribution in [0.1, 0.15) is 46.7 Å². The van der Waals surface area contributed by atoms with Gasteiger partial charge < -0.3 is 9.64 Å². The Morgan fingerprint density at radius 2 is 2.13 bits per heavy atom. The Bertz CT molecular complexity index is 710. The minimum Gasteiger partial charge on any atom is -0.374 e. The molecule has 2 heterocycles. The second kappa shape index (κ2) is 5.81. The summed E-state index contributed by atoms with van der Waals surface area (Å²) in [4.78, 5) is 15.1. The molecule has 0 radical (unpaired) electrons. The molecule has 2 atom stereocenters. The number of aryl methyl sites for hydroxylation is 1. The normalized spacial score (nSPS) is 23.8. The fourth-order valence-electron chi connectivity index (χ4n) is 3.61. The largest absolute Gasteiger partial charge is 0.374 e. The molecule has 5 nitrogen and oxygen atoms in total. The van der Waals surface area contributed by atoms with Gasteiger partial charge in [-0.1, -0.05) is 30.3 Å². The van der Waals surface area contributed by atoms with Crippen molar-refractivity contribution in [3.63, 3.8) is 0 Å². The monoisotopic (exact) mass is 311 g/mol. The molecule has 1 aliphatic heterocycles. The quantitative estimate of drug-likeness (QED) is 0.927. The molecule has 1 saturated heterocycles. The Morgan fingerprint density at radius 3 is 2.96 bits per heavy atom. The number of benzene rings is 1. The summed E-state index contributed by atoms with van der Waals surface area (Å²) in [6.45, 7) is 3.14. The molecule has 0 unspecified atom stereocenters. The predicted molar refractivity (Wildman–Crippen MR) is 86.2 cm³/mol. The lowest BCUT2D eigenvalue weighted by Gasteiger charge is -2.38. The van der Waals surface area contributed by atoms with Gasteiger partial charge >= 0.3 is 0 Å². The summed E-state index contributed by atoms with van der Waals surface area (Å²) in [5.74, 6) is 0.0217. The molecule has 0 saturated carbocycles. The van der Waals surface area contributed by atoms with E-state index in [1.165, 1.54) is 0 Å². The molecule has 5 heteroatoms. The molecular weight excluding hydrogens is 290 g/mol. The summed E-state index contributed by atoms with van der Waals surface area (Å²) >= 11 is 0. The van der Waals surface area contributed by atoms with Gasteiger partial charge in [0.2, 0.25) is 0 Å². The van der Waals surface area contributed by atoms with Gasteiger partial charge in [-0.15, -0.1) is 0 Å². The van der Waals surface area contributed by atoms with Crippen LogP contribution in [-0.4, -0.2) is 40.3 Å². The Labute approximate surface area is 135 Å². The molecule has 1 aromatic heterocycles. The van der Waals surface area contributed by atoms with Crippen LogP contribution in [0.15, 0.2) is 30.3 Å². The topological polar surface area (TPSA) is 58.2 Å². The number of H-pyrrole nitrogens is 1. The number of carbonyl (C=O) groups excluding carboxylic acids is 1. The van der Waals surface area contributed by atoms with E-state index in [4.69, 9.17) is 4.74 Å². The Balaban J connectivity index is 1.67. The number of aromatic amines is 1. The molecule has 0 spiro atoms. The number of aromatic nitrogens is 2. The number of amides is 1. The average Bonchev–Trinajstić information content (AvgIpc) is 3.18. The van der Waals surface area contributed by atoms with E-state index in [9.17, 15) is 4.79 Å². The third-order valence-electron chi connectivity index (χ3n) is 4.82. The fraction of sp³-hybridized carbons (Fsp3) is 0.444. The molecule has 1 aromatic carbocycles. The zero-order chi connectivity index (χ0) is 15.8. The van der Waals surface area contributed by atoms with E-state index < -0.39 is 0 Å². The minimum absolute atomic E-state index is 0.0217. The summed E-state index contributed by atoms with van der Waals surface area (Å²) in [6.07, 6.45) is 3.09. The van der Waals surface area contributed by atoms with Crippen molar-refractivity contribution in [2.24, 2.45) is 0 Å². The van der Waals surface area contributed by atoms with Crippen LogP contribution in [0.5, 0.6) is 0 Å². The van der Waals surface area contributed by atoms with Crippen LogP contribution in [0.4, 0.5) is 0 Å². The van der Waals surface area contributed by atoms with Gasteiger partial charge in [-0.05, 0) is 31.7 Å². The first kappa shape index (κ1) is 14.5. The second-order valence-corrected chi connectivity index (χ2v) is 6.41. The fourth-order valence-corrected chi connectivity index (χ4v) is 3.61. The number of rotatable bonds is 2. The summed E-state index contributed by atoms with van der Waals surface area (Å²) in [7, 11) is 0. The highest BCUT2D eigenvalue weighted by Crippen LogP contribution is 2.30. The van der Waals surface area contributed by atoms with Gasteiger partial charge in [0.25, 0.3) is 5.91 Å². The van der Waals surface area contributed by atoms with Crippen molar-refractivity contribution >= 4 is 5.91 Å². The van der Waals surface area contributed by atoms with E-state index in [-0.39, 0.29) is 18.1 Å². The van der Waals surface area contributed by atoms with E-state index in [1.807, 2.05) is 30.0 Å². The molecule has 4 rings (SSSR count). The molecular formula is C18H21N3O2. The minimum atomic E-state index is -0.0475. The third-order valence-corrected chi connectivity index (χ3v) is 4.82. The molecule has 1 amide bonds. The molecule has 0 bridgehead atoms. The molecule has 1 N–H and O–H groups in total. The molecule has 23 heavy (non-hydrogen) atoms. The van der Waals surface area contributed by atoms with Crippen LogP contribution >= 0.6 is 0 Å². The zero-order valence-electron chi connectivity index (χ0n) is 13.3. The van der Waals surface area contributed by atoms with Crippen molar-refractivity contribution < 1.29 is 9.53 Å². The lowest BCUT2D eigenvalue weighted by molar-refractivity contribution is -0.0449. The van der Waals surface area contributed by atoms with Crippen LogP contribution in [0, 0.1) is 0 Å². The Hall–Kier alpha value is -2.14. The SMILES string of the molecule is C[C@H]1CN(C(=O)c2n[nH]c3c2CCC3)[C@@H](c2ccccc2)CO1. The van der Waals surface area contributed by atoms with Gasteiger partial charge in [0.15, 0.2) is 5.69 Å². The maximum Gasteiger partial charge on any atom is 0.275 e. The first-order valence-corrected chi connectivity index (χ1v) is 8.27. The molecule has 1 fully saturated rings. The Kier molecular flexibility index (Phi) is 3.65. The number of morpholine rings is 1. The number of nitrogens with one attached hydrogen (secondary N) is 1. The molecule has 120 valence electrons. The lowest BCUT2D eigenvalue weighted by atomic mass is 10.0. The number of ether oxygens (including phenoxy) is 1. The molecule has 2 aromatic rings. The van der Waals surface area contributed by atoms with Crippen molar-refractivity contribution in [2.45, 2.75) is 38.3 Å². The first-order valence-electron chi connectivity index (χ1n) is 8.27. The van der Waals surface area contributed by atoms with Gasteiger partial charge in [-0.25, -0.2) is 0 Å². The van der Waals surface area contributed by atoms with Crippen LogP contribution in [-0.2, 0) is 17.6 Å². The first-order chi connectivity index (χ1) is 11.2.